The van der Waals surface area contributed by atoms with Gasteiger partial charge in [-0.15, -0.1) is 0 Å². The minimum atomic E-state index is 0.802. The van der Waals surface area contributed by atoms with Gasteiger partial charge in [0.15, 0.2) is 0 Å². The Hall–Kier alpha value is -3.57. The summed E-state index contributed by atoms with van der Waals surface area (Å²) in [7, 11) is 0. The monoisotopic (exact) mass is 452 g/mol. The van der Waals surface area contributed by atoms with Crippen molar-refractivity contribution in [3.8, 4) is 39.9 Å². The topological polar surface area (TPSA) is 43.6 Å². The number of rotatable bonds is 4. The van der Waals surface area contributed by atoms with Crippen LogP contribution < -0.4 is 0 Å². The lowest BCUT2D eigenvalue weighted by Crippen LogP contribution is -2.01. The molecule has 0 saturated carbocycles. The summed E-state index contributed by atoms with van der Waals surface area (Å²) in [6.45, 7) is 0. The molecule has 0 saturated heterocycles. The van der Waals surface area contributed by atoms with Gasteiger partial charge in [-0.3, -0.25) is 14.5 Å². The molecule has 0 amide bonds. The molecule has 5 aromatic rings. The van der Waals surface area contributed by atoms with Gasteiger partial charge in [0.1, 0.15) is 17.2 Å². The molecular weight excluding hydrogens is 436 g/mol. The highest BCUT2D eigenvalue weighted by Gasteiger charge is 2.23. The molecule has 5 rings (SSSR count). The molecule has 144 valence electrons. The smallest absolute Gasteiger partial charge is 0.145 e. The molecule has 2 aromatic carbocycles. The first-order valence-electron chi connectivity index (χ1n) is 9.58. The minimum absolute atomic E-state index is 0.802. The van der Waals surface area contributed by atoms with E-state index in [4.69, 9.17) is 4.98 Å². The zero-order valence-corrected chi connectivity index (χ0v) is 17.6. The van der Waals surface area contributed by atoms with E-state index in [1.54, 1.807) is 12.4 Å². The third-order valence-electron chi connectivity index (χ3n) is 4.81. The molecule has 0 fully saturated rings. The van der Waals surface area contributed by atoms with Crippen LogP contribution >= 0.6 is 15.9 Å². The molecule has 0 spiro atoms. The summed E-state index contributed by atoms with van der Waals surface area (Å²) in [6, 6.07) is 30.2. The van der Waals surface area contributed by atoms with Crippen molar-refractivity contribution in [3.05, 3.63) is 108 Å². The van der Waals surface area contributed by atoms with Gasteiger partial charge in [-0.2, -0.15) is 0 Å². The SMILES string of the molecule is Brc1ccc(-c2nc(-c3ccccn3)c(-c3ccccn3)n2-c2ccccc2)cc1. The quantitative estimate of drug-likeness (QED) is 0.315. The standard InChI is InChI=1S/C25H17BrN4/c26-19-14-12-18(13-15-19)25-29-23(21-10-4-6-16-27-21)24(22-11-5-7-17-28-22)30(25)20-8-2-1-3-9-20/h1-17H. The molecule has 0 unspecified atom stereocenters. The normalized spacial score (nSPS) is 10.8. The maximum absolute atomic E-state index is 5.08. The molecule has 0 aliphatic heterocycles. The number of hydrogen-bond donors (Lipinski definition) is 0. The molecule has 0 radical (unpaired) electrons. The highest BCUT2D eigenvalue weighted by molar-refractivity contribution is 9.10. The fraction of sp³-hybridized carbons (Fsp3) is 0. The lowest BCUT2D eigenvalue weighted by atomic mass is 10.1. The zero-order valence-electron chi connectivity index (χ0n) is 16.0. The lowest BCUT2D eigenvalue weighted by molar-refractivity contribution is 1.06. The first-order chi connectivity index (χ1) is 14.8. The van der Waals surface area contributed by atoms with Gasteiger partial charge in [0.05, 0.1) is 11.4 Å². The van der Waals surface area contributed by atoms with E-state index in [0.29, 0.717) is 0 Å². The molecule has 4 nitrogen and oxygen atoms in total. The van der Waals surface area contributed by atoms with E-state index in [-0.39, 0.29) is 0 Å². The van der Waals surface area contributed by atoms with E-state index in [9.17, 15) is 0 Å². The first-order valence-corrected chi connectivity index (χ1v) is 10.4. The molecular formula is C25H17BrN4. The Bertz CT molecular complexity index is 1270. The van der Waals surface area contributed by atoms with Gasteiger partial charge in [-0.25, -0.2) is 4.98 Å². The average molecular weight is 453 g/mol. The van der Waals surface area contributed by atoms with Crippen LogP contribution in [0.25, 0.3) is 39.9 Å². The summed E-state index contributed by atoms with van der Waals surface area (Å²) in [5, 5.41) is 0. The summed E-state index contributed by atoms with van der Waals surface area (Å²) in [5.74, 6) is 0.843. The largest absolute Gasteiger partial charge is 0.290 e. The van der Waals surface area contributed by atoms with E-state index >= 15 is 0 Å². The van der Waals surface area contributed by atoms with Gasteiger partial charge in [0.2, 0.25) is 0 Å². The number of benzene rings is 2. The van der Waals surface area contributed by atoms with E-state index in [1.165, 1.54) is 0 Å². The Morgan fingerprint density at radius 3 is 1.90 bits per heavy atom. The van der Waals surface area contributed by atoms with Gasteiger partial charge >= 0.3 is 0 Å². The second kappa shape index (κ2) is 8.05. The minimum Gasteiger partial charge on any atom is -0.290 e. The highest BCUT2D eigenvalue weighted by atomic mass is 79.9. The number of hydrogen-bond acceptors (Lipinski definition) is 3. The fourth-order valence-corrected chi connectivity index (χ4v) is 3.73. The summed E-state index contributed by atoms with van der Waals surface area (Å²) >= 11 is 3.53. The van der Waals surface area contributed by atoms with Gasteiger partial charge < -0.3 is 0 Å². The summed E-state index contributed by atoms with van der Waals surface area (Å²) in [6.07, 6.45) is 3.59. The van der Waals surface area contributed by atoms with Gasteiger partial charge in [-0.05, 0) is 48.5 Å². The second-order valence-corrected chi connectivity index (χ2v) is 7.66. The van der Waals surface area contributed by atoms with Crippen molar-refractivity contribution in [1.29, 1.82) is 0 Å². The van der Waals surface area contributed by atoms with Crippen LogP contribution in [-0.4, -0.2) is 19.5 Å². The van der Waals surface area contributed by atoms with Crippen LogP contribution in [0.2, 0.25) is 0 Å². The van der Waals surface area contributed by atoms with Crippen LogP contribution in [0.5, 0.6) is 0 Å². The molecule has 0 N–H and O–H groups in total. The Kier molecular flexibility index (Phi) is 4.95. The predicted octanol–water partition coefficient (Wildman–Crippen LogP) is 6.43. The summed E-state index contributed by atoms with van der Waals surface area (Å²) in [5.41, 5.74) is 5.41. The van der Waals surface area contributed by atoms with Crippen LogP contribution in [0, 0.1) is 0 Å². The van der Waals surface area contributed by atoms with Crippen molar-refractivity contribution in [2.24, 2.45) is 0 Å². The van der Waals surface area contributed by atoms with Crippen molar-refractivity contribution >= 4 is 15.9 Å². The van der Waals surface area contributed by atoms with Gasteiger partial charge in [0.25, 0.3) is 0 Å². The Labute approximate surface area is 183 Å². The predicted molar refractivity (Wildman–Crippen MR) is 123 cm³/mol. The number of pyridine rings is 2. The van der Waals surface area contributed by atoms with Crippen LogP contribution in [-0.2, 0) is 0 Å². The van der Waals surface area contributed by atoms with Crippen LogP contribution in [0.4, 0.5) is 0 Å². The highest BCUT2D eigenvalue weighted by Crippen LogP contribution is 2.37. The molecule has 30 heavy (non-hydrogen) atoms. The number of imidazole rings is 1. The Balaban J connectivity index is 1.88. The average Bonchev–Trinajstić information content (AvgIpc) is 3.22. The number of nitrogens with zero attached hydrogens (tertiary/aromatic N) is 4. The van der Waals surface area contributed by atoms with Gasteiger partial charge in [0, 0.05) is 28.1 Å². The summed E-state index contributed by atoms with van der Waals surface area (Å²) < 4.78 is 3.19. The number of aromatic nitrogens is 4. The van der Waals surface area contributed by atoms with Crippen LogP contribution in [0.3, 0.4) is 0 Å². The third-order valence-corrected chi connectivity index (χ3v) is 5.34. The summed E-state index contributed by atoms with van der Waals surface area (Å²) in [4.78, 5) is 14.3. The first kappa shape index (κ1) is 18.5. The fourth-order valence-electron chi connectivity index (χ4n) is 3.46. The van der Waals surface area contributed by atoms with E-state index < -0.39 is 0 Å². The van der Waals surface area contributed by atoms with Crippen molar-refractivity contribution in [1.82, 2.24) is 19.5 Å². The maximum atomic E-state index is 5.08. The van der Waals surface area contributed by atoms with Crippen LogP contribution in [0.1, 0.15) is 0 Å². The van der Waals surface area contributed by atoms with Crippen molar-refractivity contribution in [3.63, 3.8) is 0 Å². The molecule has 0 aliphatic carbocycles. The van der Waals surface area contributed by atoms with E-state index in [2.05, 4.69) is 54.7 Å². The second-order valence-electron chi connectivity index (χ2n) is 6.74. The van der Waals surface area contributed by atoms with Crippen LogP contribution in [0.15, 0.2) is 108 Å². The number of halogens is 1. The van der Waals surface area contributed by atoms with Gasteiger partial charge in [-0.1, -0.05) is 58.4 Å². The van der Waals surface area contributed by atoms with E-state index in [0.717, 1.165) is 44.3 Å². The lowest BCUT2D eigenvalue weighted by Gasteiger charge is -2.13. The Morgan fingerprint density at radius 2 is 1.27 bits per heavy atom. The zero-order chi connectivity index (χ0) is 20.3. The number of para-hydroxylation sites is 1. The molecule has 0 bridgehead atoms. The molecule has 0 aliphatic rings. The van der Waals surface area contributed by atoms with Crippen molar-refractivity contribution < 1.29 is 0 Å². The molecule has 3 aromatic heterocycles. The third kappa shape index (κ3) is 3.44. The molecule has 3 heterocycles. The molecule has 0 atom stereocenters. The van der Waals surface area contributed by atoms with Crippen molar-refractivity contribution in [2.75, 3.05) is 0 Å². The van der Waals surface area contributed by atoms with E-state index in [1.807, 2.05) is 66.7 Å². The maximum Gasteiger partial charge on any atom is 0.145 e. The molecule has 5 heteroatoms. The van der Waals surface area contributed by atoms with Crippen molar-refractivity contribution in [2.45, 2.75) is 0 Å². The Morgan fingerprint density at radius 1 is 0.633 bits per heavy atom.